The second kappa shape index (κ2) is 12.4. The van der Waals surface area contributed by atoms with Gasteiger partial charge in [0.15, 0.2) is 5.69 Å². The number of hydrogen-bond donors (Lipinski definition) is 4. The van der Waals surface area contributed by atoms with Crippen molar-refractivity contribution in [2.24, 2.45) is 5.92 Å². The Morgan fingerprint density at radius 1 is 1.15 bits per heavy atom. The summed E-state index contributed by atoms with van der Waals surface area (Å²) in [6, 6.07) is 8.59. The number of amides is 3. The number of carbonyl (C=O) groups is 4. The number of benzene rings is 1. The third-order valence-electron chi connectivity index (χ3n) is 7.49. The van der Waals surface area contributed by atoms with Crippen LogP contribution in [0.4, 0.5) is 0 Å². The predicted molar refractivity (Wildman–Crippen MR) is 141 cm³/mol. The molecule has 7 atom stereocenters. The van der Waals surface area contributed by atoms with Crippen LogP contribution in [-0.4, -0.2) is 93.9 Å². The molecule has 2 aliphatic heterocycles. The van der Waals surface area contributed by atoms with Crippen molar-refractivity contribution in [2.75, 3.05) is 13.7 Å². The molecule has 2 saturated heterocycles. The summed E-state index contributed by atoms with van der Waals surface area (Å²) in [4.78, 5) is 58.6. The molecule has 2 aromatic rings. The van der Waals surface area contributed by atoms with E-state index in [1.165, 1.54) is 37.2 Å². The van der Waals surface area contributed by atoms with Gasteiger partial charge in [0.2, 0.25) is 12.0 Å². The molecular formula is C28H34N4O8. The lowest BCUT2D eigenvalue weighted by atomic mass is 9.91. The number of likely N-dealkylation sites (N-methyl/N-ethyl adjacent to an activating group) is 1. The van der Waals surface area contributed by atoms with Gasteiger partial charge in [-0.1, -0.05) is 30.3 Å². The maximum Gasteiger partial charge on any atom is 0.312 e. The van der Waals surface area contributed by atoms with Crippen LogP contribution >= 0.6 is 0 Å². The standard InChI is InChI=1S/C28H34N4O8/c1-15-23(34)18(14-17-8-5-4-6-9-17)30-25(35)21(31-26(36)22-19(33)10-7-12-29-22)16(2)32(3)27(37)24(40-28(15)38)20-11-13-39-20/h4-10,12,15-16,18,20-21,23-24,33-34H,11,13-14H2,1-3H3,(H,30,35)(H,31,36)/t15-,16-,18+,20?,21+,23+,24?/m1/s1. The third-order valence-corrected chi connectivity index (χ3v) is 7.49. The second-order valence-corrected chi connectivity index (χ2v) is 10.2. The van der Waals surface area contributed by atoms with E-state index in [9.17, 15) is 29.4 Å². The quantitative estimate of drug-likeness (QED) is 0.377. The Labute approximate surface area is 231 Å². The Bertz CT molecular complexity index is 1240. The largest absolute Gasteiger partial charge is 0.505 e. The zero-order chi connectivity index (χ0) is 29.0. The van der Waals surface area contributed by atoms with Crippen LogP contribution in [0.1, 0.15) is 36.3 Å². The van der Waals surface area contributed by atoms with Gasteiger partial charge in [0, 0.05) is 26.3 Å². The fraction of sp³-hybridized carbons (Fsp3) is 0.464. The molecule has 40 heavy (non-hydrogen) atoms. The van der Waals surface area contributed by atoms with Gasteiger partial charge in [-0.25, -0.2) is 4.98 Å². The highest BCUT2D eigenvalue weighted by molar-refractivity contribution is 5.98. The van der Waals surface area contributed by atoms with Gasteiger partial charge in [-0.3, -0.25) is 19.2 Å². The summed E-state index contributed by atoms with van der Waals surface area (Å²) in [6.07, 6.45) is -1.39. The molecular weight excluding hydrogens is 520 g/mol. The number of ether oxygens (including phenoxy) is 2. The fourth-order valence-corrected chi connectivity index (χ4v) is 4.71. The summed E-state index contributed by atoms with van der Waals surface area (Å²) in [6.45, 7) is 3.41. The highest BCUT2D eigenvalue weighted by atomic mass is 16.6. The zero-order valence-corrected chi connectivity index (χ0v) is 22.5. The third kappa shape index (κ3) is 6.23. The normalized spacial score (nSPS) is 29.8. The van der Waals surface area contributed by atoms with Gasteiger partial charge in [0.05, 0.1) is 24.1 Å². The van der Waals surface area contributed by atoms with Crippen LogP contribution in [0.25, 0.3) is 0 Å². The van der Waals surface area contributed by atoms with E-state index < -0.39 is 66.0 Å². The Kier molecular flexibility index (Phi) is 9.00. The molecule has 0 bridgehead atoms. The van der Waals surface area contributed by atoms with Crippen LogP contribution in [-0.2, 0) is 30.3 Å². The minimum Gasteiger partial charge on any atom is -0.505 e. The Morgan fingerprint density at radius 2 is 1.85 bits per heavy atom. The number of pyridine rings is 1. The molecule has 2 fully saturated rings. The molecule has 0 radical (unpaired) electrons. The van der Waals surface area contributed by atoms with Crippen LogP contribution in [0.3, 0.4) is 0 Å². The molecule has 3 heterocycles. The summed E-state index contributed by atoms with van der Waals surface area (Å²) in [7, 11) is 1.43. The fourth-order valence-electron chi connectivity index (χ4n) is 4.71. The van der Waals surface area contributed by atoms with Crippen molar-refractivity contribution in [1.82, 2.24) is 20.5 Å². The molecule has 12 heteroatoms. The number of aromatic nitrogens is 1. The van der Waals surface area contributed by atoms with Gasteiger partial charge < -0.3 is 35.2 Å². The van der Waals surface area contributed by atoms with E-state index in [2.05, 4.69) is 15.6 Å². The lowest BCUT2D eigenvalue weighted by Gasteiger charge is -2.40. The summed E-state index contributed by atoms with van der Waals surface area (Å²) in [5.41, 5.74) is 0.492. The van der Waals surface area contributed by atoms with Crippen LogP contribution in [0, 0.1) is 5.92 Å². The van der Waals surface area contributed by atoms with Gasteiger partial charge in [0.1, 0.15) is 17.9 Å². The first kappa shape index (κ1) is 29.0. The number of aromatic hydroxyl groups is 1. The number of nitrogens with one attached hydrogen (secondary N) is 2. The van der Waals surface area contributed by atoms with Crippen molar-refractivity contribution in [3.63, 3.8) is 0 Å². The number of aliphatic hydroxyl groups is 1. The Balaban J connectivity index is 1.71. The molecule has 1 aromatic carbocycles. The van der Waals surface area contributed by atoms with E-state index in [1.807, 2.05) is 30.3 Å². The van der Waals surface area contributed by atoms with Crippen LogP contribution in [0.5, 0.6) is 5.75 Å². The summed E-state index contributed by atoms with van der Waals surface area (Å²) >= 11 is 0. The molecule has 3 amide bonds. The maximum atomic E-state index is 13.8. The molecule has 12 nitrogen and oxygen atoms in total. The highest BCUT2D eigenvalue weighted by Gasteiger charge is 2.45. The number of esters is 1. The maximum absolute atomic E-state index is 13.8. The van der Waals surface area contributed by atoms with Gasteiger partial charge >= 0.3 is 5.97 Å². The van der Waals surface area contributed by atoms with Crippen molar-refractivity contribution in [2.45, 2.75) is 63.1 Å². The summed E-state index contributed by atoms with van der Waals surface area (Å²) < 4.78 is 11.1. The molecule has 2 aliphatic rings. The Morgan fingerprint density at radius 3 is 2.48 bits per heavy atom. The molecule has 1 aromatic heterocycles. The number of rotatable bonds is 5. The number of nitrogens with zero attached hydrogens (tertiary/aromatic N) is 2. The van der Waals surface area contributed by atoms with E-state index in [-0.39, 0.29) is 17.9 Å². The zero-order valence-electron chi connectivity index (χ0n) is 22.5. The van der Waals surface area contributed by atoms with Crippen molar-refractivity contribution < 1.29 is 38.9 Å². The first-order valence-corrected chi connectivity index (χ1v) is 13.1. The minimum atomic E-state index is -1.39. The van der Waals surface area contributed by atoms with E-state index in [0.29, 0.717) is 13.0 Å². The van der Waals surface area contributed by atoms with E-state index in [4.69, 9.17) is 9.47 Å². The first-order chi connectivity index (χ1) is 19.1. The SMILES string of the molecule is C[C@@H]1[C@H](NC(=O)c2ncccc2O)C(=O)N[C@@H](Cc2ccccc2)[C@@H](O)[C@@H](C)C(=O)OC(C2CCO2)C(=O)N1C. The van der Waals surface area contributed by atoms with E-state index in [1.54, 1.807) is 6.92 Å². The number of hydrogen-bond acceptors (Lipinski definition) is 9. The predicted octanol–water partition coefficient (Wildman–Crippen LogP) is 0.171. The van der Waals surface area contributed by atoms with Crippen LogP contribution in [0.2, 0.25) is 0 Å². The van der Waals surface area contributed by atoms with Crippen molar-refractivity contribution in [3.05, 3.63) is 59.9 Å². The van der Waals surface area contributed by atoms with E-state index in [0.717, 1.165) is 5.56 Å². The topological polar surface area (TPSA) is 167 Å². The van der Waals surface area contributed by atoms with Gasteiger partial charge in [-0.05, 0) is 38.0 Å². The van der Waals surface area contributed by atoms with Gasteiger partial charge in [-0.2, -0.15) is 0 Å². The monoisotopic (exact) mass is 554 g/mol. The van der Waals surface area contributed by atoms with Gasteiger partial charge in [0.25, 0.3) is 11.8 Å². The van der Waals surface area contributed by atoms with E-state index >= 15 is 0 Å². The average molecular weight is 555 g/mol. The molecule has 0 saturated carbocycles. The molecule has 0 spiro atoms. The number of carbonyl (C=O) groups excluding carboxylic acids is 4. The first-order valence-electron chi connectivity index (χ1n) is 13.1. The summed E-state index contributed by atoms with van der Waals surface area (Å²) in [5, 5.41) is 26.7. The lowest BCUT2D eigenvalue weighted by Crippen LogP contribution is -2.63. The summed E-state index contributed by atoms with van der Waals surface area (Å²) in [5.74, 6) is -4.45. The van der Waals surface area contributed by atoms with Crippen molar-refractivity contribution >= 4 is 23.7 Å². The average Bonchev–Trinajstić information content (AvgIpc) is 2.92. The van der Waals surface area contributed by atoms with Crippen molar-refractivity contribution in [1.29, 1.82) is 0 Å². The molecule has 4 rings (SSSR count). The number of cyclic esters (lactones) is 1. The smallest absolute Gasteiger partial charge is 0.312 e. The molecule has 2 unspecified atom stereocenters. The highest BCUT2D eigenvalue weighted by Crippen LogP contribution is 2.24. The minimum absolute atomic E-state index is 0.172. The number of aliphatic hydroxyl groups excluding tert-OH is 1. The molecule has 0 aliphatic carbocycles. The van der Waals surface area contributed by atoms with Crippen molar-refractivity contribution in [3.8, 4) is 5.75 Å². The second-order valence-electron chi connectivity index (χ2n) is 10.2. The van der Waals surface area contributed by atoms with Crippen LogP contribution < -0.4 is 10.6 Å². The van der Waals surface area contributed by atoms with Crippen LogP contribution in [0.15, 0.2) is 48.7 Å². The Hall–Kier alpha value is -4.03. The molecule has 4 N–H and O–H groups in total. The lowest BCUT2D eigenvalue weighted by molar-refractivity contribution is -0.188. The molecule has 214 valence electrons. The van der Waals surface area contributed by atoms with Gasteiger partial charge in [-0.15, -0.1) is 0 Å².